The van der Waals surface area contributed by atoms with Crippen molar-refractivity contribution < 1.29 is 57.3 Å². The summed E-state index contributed by atoms with van der Waals surface area (Å²) in [4.78, 5) is 25.5. The summed E-state index contributed by atoms with van der Waals surface area (Å²) in [6.45, 7) is 0. The van der Waals surface area contributed by atoms with Crippen molar-refractivity contribution in [2.75, 3.05) is 13.3 Å². The normalized spacial score (nSPS) is 16.7. The Labute approximate surface area is 230 Å². The number of halogens is 12. The first-order valence-electron chi connectivity index (χ1n) is 11.4. The summed E-state index contributed by atoms with van der Waals surface area (Å²) in [7, 11) is -5.41. The Morgan fingerprint density at radius 3 is 2.17 bits per heavy atom. The van der Waals surface area contributed by atoms with E-state index in [2.05, 4.69) is 0 Å². The van der Waals surface area contributed by atoms with Gasteiger partial charge in [-0.15, -0.1) is 0 Å². The fourth-order valence-electron chi connectivity index (χ4n) is 3.96. The molecule has 2 aromatic carbocycles. The van der Waals surface area contributed by atoms with Gasteiger partial charge in [0, 0.05) is 0 Å². The van der Waals surface area contributed by atoms with E-state index in [-0.39, 0.29) is 25.0 Å². The van der Waals surface area contributed by atoms with Gasteiger partial charge in [-0.25, -0.2) is 4.39 Å². The third-order valence-electron chi connectivity index (χ3n) is 6.09. The zero-order chi connectivity index (χ0) is 31.1. The van der Waals surface area contributed by atoms with Gasteiger partial charge >= 0.3 is 161 Å². The van der Waals surface area contributed by atoms with Crippen LogP contribution in [0.4, 0.5) is 47.7 Å². The average molecular weight is 643 g/mol. The number of allylic oxidation sites excluding steroid dienone is 1. The number of carbonyl (C=O) groups excluding carboxylic acids is 2. The molecule has 0 radical (unpaired) electrons. The molecule has 2 aromatic rings. The predicted octanol–water partition coefficient (Wildman–Crippen LogP) is 8.24. The van der Waals surface area contributed by atoms with Gasteiger partial charge in [0.1, 0.15) is 11.7 Å². The zero-order valence-corrected chi connectivity index (χ0v) is 22.3. The number of rotatable bonds is 8. The summed E-state index contributed by atoms with van der Waals surface area (Å²) in [5.74, 6) is -8.50. The Kier molecular flexibility index (Phi) is 9.05. The Hall–Kier alpha value is -2.93. The fraction of sp³-hybridized carbons (Fsp3) is 0.333. The number of carbonyl (C=O) groups is 2. The van der Waals surface area contributed by atoms with E-state index < -0.39 is 89.0 Å². The molecule has 4 nitrogen and oxygen atoms in total. The van der Waals surface area contributed by atoms with Crippen molar-refractivity contribution in [2.24, 2.45) is 0 Å². The SMILES string of the molecule is CN(C[PH](F)(F)F)C(=O)C1(NC(=O)c2ccc(/C(F)=C/C(c3ccc(Cl)c(F)c3)C(F)(F)F)cc2C(F)(F)F)CC1. The van der Waals surface area contributed by atoms with E-state index in [4.69, 9.17) is 11.6 Å². The van der Waals surface area contributed by atoms with Crippen molar-refractivity contribution in [3.8, 4) is 0 Å². The summed E-state index contributed by atoms with van der Waals surface area (Å²) >= 11 is 5.45. The number of amides is 2. The maximum atomic E-state index is 14.9. The minimum atomic E-state index is -6.23. The quantitative estimate of drug-likeness (QED) is 0.233. The third kappa shape index (κ3) is 7.88. The van der Waals surface area contributed by atoms with Crippen LogP contribution in [0.2, 0.25) is 5.02 Å². The number of likely N-dealkylation sites (N-methyl/N-ethyl adjacent to an activating group) is 1. The molecule has 41 heavy (non-hydrogen) atoms. The number of benzene rings is 2. The van der Waals surface area contributed by atoms with Crippen molar-refractivity contribution in [1.82, 2.24) is 10.2 Å². The van der Waals surface area contributed by atoms with Crippen LogP contribution >= 0.6 is 19.8 Å². The third-order valence-corrected chi connectivity index (χ3v) is 7.23. The first-order valence-corrected chi connectivity index (χ1v) is 13.6. The van der Waals surface area contributed by atoms with Gasteiger partial charge in [-0.3, -0.25) is 0 Å². The summed E-state index contributed by atoms with van der Waals surface area (Å²) in [6.07, 6.45) is -12.5. The Bertz CT molecular complexity index is 1370. The number of alkyl halides is 6. The molecule has 1 atom stereocenters. The number of nitrogens with one attached hydrogen (secondary N) is 1. The molecular formula is C24H19ClF11N2O2P. The number of hydrogen-bond donors (Lipinski definition) is 1. The number of nitrogens with zero attached hydrogens (tertiary/aromatic N) is 1. The van der Waals surface area contributed by atoms with Crippen LogP contribution in [0.3, 0.4) is 0 Å². The van der Waals surface area contributed by atoms with Gasteiger partial charge in [0.25, 0.3) is 0 Å². The van der Waals surface area contributed by atoms with Crippen LogP contribution in [-0.4, -0.2) is 41.8 Å². The minimum absolute atomic E-state index is 0.0688. The predicted molar refractivity (Wildman–Crippen MR) is 129 cm³/mol. The van der Waals surface area contributed by atoms with Crippen molar-refractivity contribution in [3.63, 3.8) is 0 Å². The van der Waals surface area contributed by atoms with Gasteiger partial charge in [0.05, 0.1) is 5.02 Å². The van der Waals surface area contributed by atoms with Crippen LogP contribution in [0.25, 0.3) is 5.83 Å². The second kappa shape index (κ2) is 11.4. The van der Waals surface area contributed by atoms with E-state index >= 15 is 0 Å². The molecule has 1 unspecified atom stereocenters. The summed E-state index contributed by atoms with van der Waals surface area (Å²) in [6, 6.07) is 3.03. The van der Waals surface area contributed by atoms with Gasteiger partial charge < -0.3 is 0 Å². The second-order valence-corrected chi connectivity index (χ2v) is 11.2. The van der Waals surface area contributed by atoms with Crippen LogP contribution in [0.5, 0.6) is 0 Å². The zero-order valence-electron chi connectivity index (χ0n) is 20.5. The van der Waals surface area contributed by atoms with Crippen LogP contribution in [0, 0.1) is 5.82 Å². The molecule has 0 spiro atoms. The van der Waals surface area contributed by atoms with Crippen molar-refractivity contribution in [2.45, 2.75) is 36.7 Å². The molecule has 0 bridgehead atoms. The van der Waals surface area contributed by atoms with Gasteiger partial charge in [-0.1, -0.05) is 17.7 Å². The van der Waals surface area contributed by atoms with E-state index in [1.807, 2.05) is 5.32 Å². The van der Waals surface area contributed by atoms with Crippen LogP contribution in [0.1, 0.15) is 45.8 Å². The summed E-state index contributed by atoms with van der Waals surface area (Å²) < 4.78 is 149. The van der Waals surface area contributed by atoms with Crippen LogP contribution < -0.4 is 5.32 Å². The standard InChI is InChI=1S/C24H19ClF11N2O2P/c1-38(11-41(34,35)36)21(40)22(6-7-22)37-20(39)14-4-2-13(8-16(14)24(31,32)33)18(26)10-15(23(28,29)30)12-3-5-17(25)19(27)9-12/h2-5,8-10,15,41H,6-7,11H2,1H3,(H,37,39)/b18-10-. The van der Waals surface area contributed by atoms with Crippen molar-refractivity contribution >= 4 is 37.4 Å². The van der Waals surface area contributed by atoms with Gasteiger partial charge in [-0.05, 0) is 17.7 Å². The molecular weight excluding hydrogens is 624 g/mol. The van der Waals surface area contributed by atoms with Gasteiger partial charge in [0.2, 0.25) is 0 Å². The number of hydrogen-bond acceptors (Lipinski definition) is 2. The van der Waals surface area contributed by atoms with Crippen LogP contribution in [-0.2, 0) is 11.0 Å². The van der Waals surface area contributed by atoms with E-state index in [0.717, 1.165) is 19.2 Å². The second-order valence-electron chi connectivity index (χ2n) is 9.28. The topological polar surface area (TPSA) is 49.4 Å². The maximum absolute atomic E-state index is 14.9. The van der Waals surface area contributed by atoms with E-state index in [9.17, 15) is 57.3 Å². The van der Waals surface area contributed by atoms with Gasteiger partial charge in [-0.2, -0.15) is 13.2 Å². The van der Waals surface area contributed by atoms with E-state index in [1.54, 1.807) is 0 Å². The molecule has 3 rings (SSSR count). The molecule has 1 aliphatic rings. The first-order chi connectivity index (χ1) is 18.6. The van der Waals surface area contributed by atoms with E-state index in [0.29, 0.717) is 23.1 Å². The van der Waals surface area contributed by atoms with E-state index in [1.165, 1.54) is 0 Å². The Morgan fingerprint density at radius 1 is 1.07 bits per heavy atom. The molecule has 1 fully saturated rings. The molecule has 1 saturated carbocycles. The van der Waals surface area contributed by atoms with Crippen molar-refractivity contribution in [1.29, 1.82) is 0 Å². The molecule has 0 aromatic heterocycles. The molecule has 17 heteroatoms. The molecule has 1 N–H and O–H groups in total. The summed E-state index contributed by atoms with van der Waals surface area (Å²) in [5, 5.41) is 1.49. The Morgan fingerprint density at radius 2 is 1.68 bits per heavy atom. The first kappa shape index (κ1) is 32.6. The molecule has 0 heterocycles. The monoisotopic (exact) mass is 642 g/mol. The Balaban J connectivity index is 1.95. The fourth-order valence-corrected chi connectivity index (χ4v) is 4.76. The molecule has 2 amide bonds. The molecule has 226 valence electrons. The summed E-state index contributed by atoms with van der Waals surface area (Å²) in [5.41, 5.74) is -6.60. The molecule has 0 aliphatic heterocycles. The van der Waals surface area contributed by atoms with Crippen molar-refractivity contribution in [3.05, 3.63) is 75.6 Å². The average Bonchev–Trinajstić information content (AvgIpc) is 3.61. The molecule has 0 saturated heterocycles. The van der Waals surface area contributed by atoms with Gasteiger partial charge in [0.15, 0.2) is 0 Å². The molecule has 1 aliphatic carbocycles. The van der Waals surface area contributed by atoms with Crippen LogP contribution in [0.15, 0.2) is 42.5 Å².